The second-order valence-electron chi connectivity index (χ2n) is 4.69. The van der Waals surface area contributed by atoms with Crippen LogP contribution in [0.5, 0.6) is 0 Å². The van der Waals surface area contributed by atoms with Crippen LogP contribution in [-0.4, -0.2) is 23.2 Å². The summed E-state index contributed by atoms with van der Waals surface area (Å²) < 4.78 is 0. The van der Waals surface area contributed by atoms with Crippen LogP contribution in [0.25, 0.3) is 0 Å². The standard InChI is InChI=1S/C10H17NO2/c1-2-8(13)11-10-4-3-9(5-10,6-10)7-12/h12H,2-7H2,1H3,(H,11,13). The molecule has 3 aliphatic carbocycles. The lowest BCUT2D eigenvalue weighted by Crippen LogP contribution is -2.56. The van der Waals surface area contributed by atoms with Gasteiger partial charge in [-0.25, -0.2) is 0 Å². The minimum atomic E-state index is 0.0653. The van der Waals surface area contributed by atoms with Crippen molar-refractivity contribution in [2.45, 2.75) is 44.6 Å². The highest BCUT2D eigenvalue weighted by molar-refractivity contribution is 5.76. The maximum atomic E-state index is 11.2. The second kappa shape index (κ2) is 2.71. The summed E-state index contributed by atoms with van der Waals surface area (Å²) in [5, 5.41) is 12.2. The lowest BCUT2D eigenvalue weighted by Gasteiger charge is -2.46. The van der Waals surface area contributed by atoms with Gasteiger partial charge in [-0.05, 0) is 31.1 Å². The first-order valence-corrected chi connectivity index (χ1v) is 5.06. The average Bonchev–Trinajstić information content (AvgIpc) is 2.59. The van der Waals surface area contributed by atoms with Gasteiger partial charge < -0.3 is 10.4 Å². The molecule has 0 aromatic rings. The van der Waals surface area contributed by atoms with E-state index in [0.29, 0.717) is 6.42 Å². The Kier molecular flexibility index (Phi) is 1.88. The summed E-state index contributed by atoms with van der Waals surface area (Å²) in [6, 6.07) is 0. The zero-order chi connectivity index (χ0) is 9.53. The van der Waals surface area contributed by atoms with Gasteiger partial charge in [0, 0.05) is 18.6 Å². The average molecular weight is 183 g/mol. The number of amides is 1. The van der Waals surface area contributed by atoms with E-state index in [1.54, 1.807) is 0 Å². The van der Waals surface area contributed by atoms with Crippen molar-refractivity contribution in [3.05, 3.63) is 0 Å². The molecule has 2 N–H and O–H groups in total. The van der Waals surface area contributed by atoms with Crippen LogP contribution >= 0.6 is 0 Å². The molecule has 0 spiro atoms. The first-order valence-electron chi connectivity index (χ1n) is 5.06. The number of aliphatic hydroxyl groups is 1. The molecule has 0 aromatic heterocycles. The Morgan fingerprint density at radius 3 is 2.62 bits per heavy atom. The van der Waals surface area contributed by atoms with E-state index in [2.05, 4.69) is 5.32 Å². The third-order valence-corrected chi connectivity index (χ3v) is 3.62. The third kappa shape index (κ3) is 1.26. The monoisotopic (exact) mass is 183 g/mol. The summed E-state index contributed by atoms with van der Waals surface area (Å²) in [6.45, 7) is 2.16. The van der Waals surface area contributed by atoms with E-state index in [0.717, 1.165) is 25.7 Å². The quantitative estimate of drug-likeness (QED) is 0.680. The SMILES string of the molecule is CCC(=O)NC12CCC(CO)(C1)C2. The number of carbonyl (C=O) groups excluding carboxylic acids is 1. The second-order valence-corrected chi connectivity index (χ2v) is 4.69. The van der Waals surface area contributed by atoms with Crippen LogP contribution in [-0.2, 0) is 4.79 Å². The van der Waals surface area contributed by atoms with Gasteiger partial charge >= 0.3 is 0 Å². The van der Waals surface area contributed by atoms with Crippen LogP contribution < -0.4 is 5.32 Å². The lowest BCUT2D eigenvalue weighted by atomic mass is 9.65. The molecular formula is C10H17NO2. The summed E-state index contributed by atoms with van der Waals surface area (Å²) in [6.07, 6.45) is 4.67. The van der Waals surface area contributed by atoms with Gasteiger partial charge in [-0.2, -0.15) is 0 Å². The minimum absolute atomic E-state index is 0.0653. The fourth-order valence-electron chi connectivity index (χ4n) is 2.97. The van der Waals surface area contributed by atoms with E-state index in [1.165, 1.54) is 0 Å². The number of fused-ring (bicyclic) bond motifs is 1. The molecule has 74 valence electrons. The van der Waals surface area contributed by atoms with Crippen molar-refractivity contribution in [3.63, 3.8) is 0 Å². The van der Waals surface area contributed by atoms with Crippen LogP contribution in [0.1, 0.15) is 39.0 Å². The molecule has 0 radical (unpaired) electrons. The van der Waals surface area contributed by atoms with E-state index >= 15 is 0 Å². The van der Waals surface area contributed by atoms with Gasteiger partial charge in [-0.1, -0.05) is 6.92 Å². The summed E-state index contributed by atoms with van der Waals surface area (Å²) in [5.41, 5.74) is 0.233. The maximum absolute atomic E-state index is 11.2. The lowest BCUT2D eigenvalue weighted by molar-refractivity contribution is -0.124. The predicted octanol–water partition coefficient (Wildman–Crippen LogP) is 0.818. The molecule has 0 heterocycles. The van der Waals surface area contributed by atoms with Crippen molar-refractivity contribution in [2.24, 2.45) is 5.41 Å². The van der Waals surface area contributed by atoms with Crippen LogP contribution in [0.2, 0.25) is 0 Å². The van der Waals surface area contributed by atoms with Gasteiger partial charge in [-0.15, -0.1) is 0 Å². The van der Waals surface area contributed by atoms with Gasteiger partial charge in [-0.3, -0.25) is 4.79 Å². The van der Waals surface area contributed by atoms with Crippen LogP contribution in [0.4, 0.5) is 0 Å². The fraction of sp³-hybridized carbons (Fsp3) is 0.900. The van der Waals surface area contributed by atoms with Crippen molar-refractivity contribution in [3.8, 4) is 0 Å². The molecule has 3 fully saturated rings. The molecule has 1 amide bonds. The van der Waals surface area contributed by atoms with Crippen molar-refractivity contribution >= 4 is 5.91 Å². The molecule has 3 aliphatic rings. The molecule has 3 saturated carbocycles. The zero-order valence-corrected chi connectivity index (χ0v) is 8.10. The summed E-state index contributed by atoms with van der Waals surface area (Å²) in [5.74, 6) is 0.147. The molecule has 0 atom stereocenters. The Morgan fingerprint density at radius 2 is 2.15 bits per heavy atom. The molecule has 3 heteroatoms. The Hall–Kier alpha value is -0.570. The predicted molar refractivity (Wildman–Crippen MR) is 49.2 cm³/mol. The van der Waals surface area contributed by atoms with Crippen LogP contribution in [0, 0.1) is 5.41 Å². The number of hydrogen-bond acceptors (Lipinski definition) is 2. The van der Waals surface area contributed by atoms with Crippen molar-refractivity contribution < 1.29 is 9.90 Å². The number of aliphatic hydroxyl groups excluding tert-OH is 1. The molecule has 3 rings (SSSR count). The van der Waals surface area contributed by atoms with Crippen LogP contribution in [0.15, 0.2) is 0 Å². The molecule has 13 heavy (non-hydrogen) atoms. The number of carbonyl (C=O) groups is 1. The van der Waals surface area contributed by atoms with Gasteiger partial charge in [0.25, 0.3) is 0 Å². The molecule has 0 aromatic carbocycles. The van der Waals surface area contributed by atoms with Gasteiger partial charge in [0.1, 0.15) is 0 Å². The van der Waals surface area contributed by atoms with Gasteiger partial charge in [0.05, 0.1) is 0 Å². The first-order chi connectivity index (χ1) is 6.14. The van der Waals surface area contributed by atoms with Crippen molar-refractivity contribution in [2.75, 3.05) is 6.61 Å². The van der Waals surface area contributed by atoms with Crippen molar-refractivity contribution in [1.29, 1.82) is 0 Å². The van der Waals surface area contributed by atoms with E-state index < -0.39 is 0 Å². The Bertz CT molecular complexity index is 231. The highest BCUT2D eigenvalue weighted by Crippen LogP contribution is 2.60. The topological polar surface area (TPSA) is 49.3 Å². The zero-order valence-electron chi connectivity index (χ0n) is 8.10. The Morgan fingerprint density at radius 1 is 1.46 bits per heavy atom. The largest absolute Gasteiger partial charge is 0.396 e. The smallest absolute Gasteiger partial charge is 0.220 e. The van der Waals surface area contributed by atoms with Crippen molar-refractivity contribution in [1.82, 2.24) is 5.32 Å². The number of hydrogen-bond donors (Lipinski definition) is 2. The molecule has 0 unspecified atom stereocenters. The minimum Gasteiger partial charge on any atom is -0.396 e. The number of rotatable bonds is 3. The van der Waals surface area contributed by atoms with E-state index in [-0.39, 0.29) is 23.5 Å². The molecule has 2 bridgehead atoms. The van der Waals surface area contributed by atoms with E-state index in [1.807, 2.05) is 6.92 Å². The summed E-state index contributed by atoms with van der Waals surface area (Å²) >= 11 is 0. The Balaban J connectivity index is 1.94. The highest BCUT2D eigenvalue weighted by atomic mass is 16.3. The van der Waals surface area contributed by atoms with E-state index in [4.69, 9.17) is 5.11 Å². The molecule has 0 aliphatic heterocycles. The molecular weight excluding hydrogens is 166 g/mol. The summed E-state index contributed by atoms with van der Waals surface area (Å²) in [4.78, 5) is 11.2. The fourth-order valence-corrected chi connectivity index (χ4v) is 2.97. The highest BCUT2D eigenvalue weighted by Gasteiger charge is 2.60. The maximum Gasteiger partial charge on any atom is 0.220 e. The normalized spacial score (nSPS) is 41.4. The van der Waals surface area contributed by atoms with Gasteiger partial charge in [0.15, 0.2) is 0 Å². The molecule has 3 nitrogen and oxygen atoms in total. The van der Waals surface area contributed by atoms with Crippen LogP contribution in [0.3, 0.4) is 0 Å². The van der Waals surface area contributed by atoms with Gasteiger partial charge in [0.2, 0.25) is 5.91 Å². The molecule has 0 saturated heterocycles. The summed E-state index contributed by atoms with van der Waals surface area (Å²) in [7, 11) is 0. The number of nitrogens with one attached hydrogen (secondary N) is 1. The Labute approximate surface area is 78.5 Å². The first kappa shape index (κ1) is 9.00. The van der Waals surface area contributed by atoms with E-state index in [9.17, 15) is 4.79 Å². The third-order valence-electron chi connectivity index (χ3n) is 3.62.